The molecule has 140 valence electrons. The van der Waals surface area contributed by atoms with Gasteiger partial charge in [-0.25, -0.2) is 0 Å². The molecule has 4 rings (SSSR count). The second-order valence-corrected chi connectivity index (χ2v) is 6.56. The van der Waals surface area contributed by atoms with Crippen molar-refractivity contribution >= 4 is 5.91 Å². The summed E-state index contributed by atoms with van der Waals surface area (Å²) in [5, 5.41) is 20.1. The molecule has 1 aromatic carbocycles. The molecule has 0 radical (unpaired) electrons. The molecule has 1 aliphatic carbocycles. The number of carbonyl (C=O) groups excluding carboxylic acids is 1. The van der Waals surface area contributed by atoms with Crippen LogP contribution in [0.15, 0.2) is 35.1 Å². The normalized spacial score (nSPS) is 15.7. The molecule has 1 atom stereocenters. The lowest BCUT2D eigenvalue weighted by Crippen LogP contribution is -2.26. The number of aryl methyl sites for hydroxylation is 2. The Morgan fingerprint density at radius 2 is 2.33 bits per heavy atom. The summed E-state index contributed by atoms with van der Waals surface area (Å²) in [7, 11) is 0. The number of benzene rings is 1. The lowest BCUT2D eigenvalue weighted by molar-refractivity contribution is 0.0936. The molecule has 27 heavy (non-hydrogen) atoms. The second kappa shape index (κ2) is 7.32. The standard InChI is InChI=1S/C19H21N5O3/c1-2-17-22-18(23-27-17)13-3-5-15-12(9-13)4-6-16(15)21-19(26)14-10-20-24(11-14)7-8-25/h3,5,9-11,16,25H,2,4,6-8H2,1H3,(H,21,26)/t16-/m1/s1. The largest absolute Gasteiger partial charge is 0.394 e. The molecule has 1 aliphatic rings. The average molecular weight is 367 g/mol. The number of fused-ring (bicyclic) bond motifs is 1. The van der Waals surface area contributed by atoms with Crippen LogP contribution in [0.5, 0.6) is 0 Å². The van der Waals surface area contributed by atoms with E-state index in [9.17, 15) is 4.79 Å². The van der Waals surface area contributed by atoms with E-state index in [0.717, 1.165) is 24.0 Å². The number of rotatable bonds is 6. The lowest BCUT2D eigenvalue weighted by atomic mass is 10.0. The van der Waals surface area contributed by atoms with Crippen LogP contribution in [0.3, 0.4) is 0 Å². The Balaban J connectivity index is 1.49. The zero-order valence-electron chi connectivity index (χ0n) is 15.1. The first-order valence-electron chi connectivity index (χ1n) is 9.08. The van der Waals surface area contributed by atoms with Crippen molar-refractivity contribution in [2.45, 2.75) is 38.8 Å². The van der Waals surface area contributed by atoms with Gasteiger partial charge in [0.15, 0.2) is 0 Å². The SMILES string of the molecule is CCc1nc(-c2ccc3c(c2)CC[C@H]3NC(=O)c2cnn(CCO)c2)no1. The first-order chi connectivity index (χ1) is 13.2. The predicted molar refractivity (Wildman–Crippen MR) is 97.0 cm³/mol. The van der Waals surface area contributed by atoms with E-state index in [1.165, 1.54) is 11.8 Å². The van der Waals surface area contributed by atoms with Crippen molar-refractivity contribution in [2.75, 3.05) is 6.61 Å². The van der Waals surface area contributed by atoms with Crippen molar-refractivity contribution in [3.63, 3.8) is 0 Å². The maximum absolute atomic E-state index is 12.5. The summed E-state index contributed by atoms with van der Waals surface area (Å²) in [6.45, 7) is 2.33. The van der Waals surface area contributed by atoms with E-state index in [0.29, 0.717) is 30.2 Å². The molecule has 2 aromatic heterocycles. The number of hydrogen-bond acceptors (Lipinski definition) is 6. The van der Waals surface area contributed by atoms with Crippen LogP contribution in [0, 0.1) is 0 Å². The number of aromatic nitrogens is 4. The number of aliphatic hydroxyl groups excluding tert-OH is 1. The summed E-state index contributed by atoms with van der Waals surface area (Å²) in [5.41, 5.74) is 3.73. The molecular weight excluding hydrogens is 346 g/mol. The Hall–Kier alpha value is -3.00. The Labute approximate surface area is 156 Å². The number of carbonyl (C=O) groups is 1. The number of nitrogens with one attached hydrogen (secondary N) is 1. The molecule has 0 saturated heterocycles. The Morgan fingerprint density at radius 1 is 1.44 bits per heavy atom. The molecule has 0 bridgehead atoms. The van der Waals surface area contributed by atoms with Crippen molar-refractivity contribution in [2.24, 2.45) is 0 Å². The van der Waals surface area contributed by atoms with Gasteiger partial charge in [0.25, 0.3) is 5.91 Å². The van der Waals surface area contributed by atoms with Gasteiger partial charge in [0, 0.05) is 18.2 Å². The maximum Gasteiger partial charge on any atom is 0.254 e. The van der Waals surface area contributed by atoms with Crippen LogP contribution >= 0.6 is 0 Å². The highest BCUT2D eigenvalue weighted by Crippen LogP contribution is 2.33. The molecule has 0 unspecified atom stereocenters. The van der Waals surface area contributed by atoms with Gasteiger partial charge >= 0.3 is 0 Å². The van der Waals surface area contributed by atoms with Gasteiger partial charge in [0.2, 0.25) is 11.7 Å². The van der Waals surface area contributed by atoms with Crippen molar-refractivity contribution in [3.05, 3.63) is 53.2 Å². The van der Waals surface area contributed by atoms with Gasteiger partial charge in [0.05, 0.1) is 31.0 Å². The summed E-state index contributed by atoms with van der Waals surface area (Å²) >= 11 is 0. The van der Waals surface area contributed by atoms with E-state index in [2.05, 4.69) is 26.6 Å². The third kappa shape index (κ3) is 3.48. The van der Waals surface area contributed by atoms with E-state index in [1.54, 1.807) is 10.9 Å². The fourth-order valence-corrected chi connectivity index (χ4v) is 3.37. The molecule has 8 heteroatoms. The van der Waals surface area contributed by atoms with Crippen molar-refractivity contribution in [3.8, 4) is 11.4 Å². The first kappa shape index (κ1) is 17.4. The molecule has 0 fully saturated rings. The minimum atomic E-state index is -0.160. The van der Waals surface area contributed by atoms with Gasteiger partial charge in [-0.1, -0.05) is 24.2 Å². The van der Waals surface area contributed by atoms with Crippen molar-refractivity contribution < 1.29 is 14.4 Å². The van der Waals surface area contributed by atoms with E-state index in [1.807, 2.05) is 19.1 Å². The van der Waals surface area contributed by atoms with Gasteiger partial charge < -0.3 is 14.9 Å². The Bertz CT molecular complexity index is 962. The van der Waals surface area contributed by atoms with Crippen LogP contribution in [0.4, 0.5) is 0 Å². The fraction of sp³-hybridized carbons (Fsp3) is 0.368. The average Bonchev–Trinajstić information content (AvgIpc) is 3.41. The summed E-state index contributed by atoms with van der Waals surface area (Å²) < 4.78 is 6.74. The summed E-state index contributed by atoms with van der Waals surface area (Å²) in [4.78, 5) is 16.9. The van der Waals surface area contributed by atoms with Crippen LogP contribution in [-0.2, 0) is 19.4 Å². The number of amides is 1. The Morgan fingerprint density at radius 3 is 3.11 bits per heavy atom. The van der Waals surface area contributed by atoms with Gasteiger partial charge in [0.1, 0.15) is 0 Å². The molecule has 0 aliphatic heterocycles. The molecule has 8 nitrogen and oxygen atoms in total. The first-order valence-corrected chi connectivity index (χ1v) is 9.08. The van der Waals surface area contributed by atoms with Crippen LogP contribution in [-0.4, -0.2) is 37.5 Å². The quantitative estimate of drug-likeness (QED) is 0.689. The van der Waals surface area contributed by atoms with Crippen LogP contribution < -0.4 is 5.32 Å². The monoisotopic (exact) mass is 367 g/mol. The summed E-state index contributed by atoms with van der Waals surface area (Å²) in [6, 6.07) is 6.04. The molecule has 3 aromatic rings. The summed E-state index contributed by atoms with van der Waals surface area (Å²) in [5.74, 6) is 1.06. The zero-order valence-corrected chi connectivity index (χ0v) is 15.1. The fourth-order valence-electron chi connectivity index (χ4n) is 3.37. The molecular formula is C19H21N5O3. The summed E-state index contributed by atoms with van der Waals surface area (Å²) in [6.07, 6.45) is 5.61. The van der Waals surface area contributed by atoms with Gasteiger partial charge in [-0.2, -0.15) is 10.1 Å². The topological polar surface area (TPSA) is 106 Å². The Kier molecular flexibility index (Phi) is 4.72. The number of nitrogens with zero attached hydrogens (tertiary/aromatic N) is 4. The number of hydrogen-bond donors (Lipinski definition) is 2. The lowest BCUT2D eigenvalue weighted by Gasteiger charge is -2.13. The molecule has 0 saturated carbocycles. The number of aliphatic hydroxyl groups is 1. The smallest absolute Gasteiger partial charge is 0.254 e. The minimum absolute atomic E-state index is 0.0127. The highest BCUT2D eigenvalue weighted by atomic mass is 16.5. The molecule has 2 heterocycles. The zero-order chi connectivity index (χ0) is 18.8. The third-order valence-corrected chi connectivity index (χ3v) is 4.78. The maximum atomic E-state index is 12.5. The van der Waals surface area contributed by atoms with Gasteiger partial charge in [-0.15, -0.1) is 0 Å². The van der Waals surface area contributed by atoms with Crippen LogP contribution in [0.1, 0.15) is 46.8 Å². The molecule has 1 amide bonds. The van der Waals surface area contributed by atoms with Crippen molar-refractivity contribution in [1.29, 1.82) is 0 Å². The van der Waals surface area contributed by atoms with Crippen LogP contribution in [0.2, 0.25) is 0 Å². The second-order valence-electron chi connectivity index (χ2n) is 6.56. The van der Waals surface area contributed by atoms with Gasteiger partial charge in [-0.05, 0) is 30.0 Å². The van der Waals surface area contributed by atoms with E-state index in [4.69, 9.17) is 9.63 Å². The van der Waals surface area contributed by atoms with E-state index in [-0.39, 0.29) is 18.6 Å². The third-order valence-electron chi connectivity index (χ3n) is 4.78. The van der Waals surface area contributed by atoms with E-state index >= 15 is 0 Å². The highest BCUT2D eigenvalue weighted by Gasteiger charge is 2.25. The van der Waals surface area contributed by atoms with Crippen LogP contribution in [0.25, 0.3) is 11.4 Å². The highest BCUT2D eigenvalue weighted by molar-refractivity contribution is 5.94. The molecule has 0 spiro atoms. The minimum Gasteiger partial charge on any atom is -0.394 e. The molecule has 2 N–H and O–H groups in total. The predicted octanol–water partition coefficient (Wildman–Crippen LogP) is 1.91. The van der Waals surface area contributed by atoms with E-state index < -0.39 is 0 Å². The van der Waals surface area contributed by atoms with Gasteiger partial charge in [-0.3, -0.25) is 9.48 Å². The van der Waals surface area contributed by atoms with Crippen molar-refractivity contribution in [1.82, 2.24) is 25.2 Å².